The zero-order chi connectivity index (χ0) is 15.5. The van der Waals surface area contributed by atoms with Crippen molar-refractivity contribution in [2.24, 2.45) is 4.99 Å². The smallest absolute Gasteiger partial charge is 0.129 e. The van der Waals surface area contributed by atoms with Crippen LogP contribution in [0.2, 0.25) is 5.02 Å². The molecule has 0 spiro atoms. The van der Waals surface area contributed by atoms with Crippen LogP contribution < -0.4 is 5.32 Å². The standard InChI is InChI=1S/C16H13Br2ClN2O/c17-10-5-6-14(12(18)7-10)20-16-9-22-8-15(21-16)11-3-1-2-4-13(11)19/h1-7,15H,8-9H2,(H,20,21)/t15-/m1/s1. The van der Waals surface area contributed by atoms with Crippen molar-refractivity contribution in [3.05, 3.63) is 62.0 Å². The molecular weight excluding hydrogens is 431 g/mol. The SMILES string of the molecule is Clc1ccccc1[C@H]1COCC(=Nc2ccc(Br)cc2Br)N1. The van der Waals surface area contributed by atoms with Crippen molar-refractivity contribution < 1.29 is 4.74 Å². The van der Waals surface area contributed by atoms with Gasteiger partial charge in [-0.15, -0.1) is 0 Å². The Morgan fingerprint density at radius 1 is 1.18 bits per heavy atom. The second kappa shape index (κ2) is 7.13. The van der Waals surface area contributed by atoms with Gasteiger partial charge in [-0.3, -0.25) is 0 Å². The van der Waals surface area contributed by atoms with Gasteiger partial charge in [0.15, 0.2) is 0 Å². The number of ether oxygens (including phenoxy) is 1. The van der Waals surface area contributed by atoms with E-state index in [-0.39, 0.29) is 6.04 Å². The summed E-state index contributed by atoms with van der Waals surface area (Å²) in [6.07, 6.45) is 0. The lowest BCUT2D eigenvalue weighted by Crippen LogP contribution is -2.40. The molecule has 2 aromatic rings. The third kappa shape index (κ3) is 3.71. The Kier molecular flexibility index (Phi) is 5.18. The molecule has 1 heterocycles. The Balaban J connectivity index is 1.84. The predicted molar refractivity (Wildman–Crippen MR) is 97.1 cm³/mol. The fraction of sp³-hybridized carbons (Fsp3) is 0.188. The van der Waals surface area contributed by atoms with Gasteiger partial charge in [0.2, 0.25) is 0 Å². The van der Waals surface area contributed by atoms with Gasteiger partial charge in [-0.05, 0) is 45.8 Å². The average molecular weight is 445 g/mol. The van der Waals surface area contributed by atoms with Gasteiger partial charge >= 0.3 is 0 Å². The number of benzene rings is 2. The highest BCUT2D eigenvalue weighted by atomic mass is 79.9. The molecule has 0 radical (unpaired) electrons. The quantitative estimate of drug-likeness (QED) is 0.686. The molecule has 0 bridgehead atoms. The summed E-state index contributed by atoms with van der Waals surface area (Å²) in [4.78, 5) is 4.63. The van der Waals surface area contributed by atoms with E-state index in [0.717, 1.165) is 31.1 Å². The fourth-order valence-electron chi connectivity index (χ4n) is 2.27. The molecule has 1 aliphatic heterocycles. The Bertz CT molecular complexity index is 721. The van der Waals surface area contributed by atoms with Gasteiger partial charge in [-0.25, -0.2) is 4.99 Å². The lowest BCUT2D eigenvalue weighted by atomic mass is 10.1. The zero-order valence-electron chi connectivity index (χ0n) is 11.5. The van der Waals surface area contributed by atoms with E-state index in [0.29, 0.717) is 13.2 Å². The van der Waals surface area contributed by atoms with Gasteiger partial charge in [-0.2, -0.15) is 0 Å². The first-order valence-electron chi connectivity index (χ1n) is 6.75. The zero-order valence-corrected chi connectivity index (χ0v) is 15.5. The van der Waals surface area contributed by atoms with E-state index in [9.17, 15) is 0 Å². The van der Waals surface area contributed by atoms with E-state index in [4.69, 9.17) is 16.3 Å². The molecule has 1 fully saturated rings. The molecule has 3 nitrogen and oxygen atoms in total. The highest BCUT2D eigenvalue weighted by Crippen LogP contribution is 2.30. The van der Waals surface area contributed by atoms with E-state index in [1.54, 1.807) is 0 Å². The maximum Gasteiger partial charge on any atom is 0.129 e. The van der Waals surface area contributed by atoms with Gasteiger partial charge in [-0.1, -0.05) is 45.7 Å². The molecule has 0 aliphatic carbocycles. The molecule has 1 N–H and O–H groups in total. The largest absolute Gasteiger partial charge is 0.371 e. The van der Waals surface area contributed by atoms with Crippen molar-refractivity contribution in [2.75, 3.05) is 13.2 Å². The number of nitrogens with zero attached hydrogens (tertiary/aromatic N) is 1. The Hall–Kier alpha value is -0.880. The van der Waals surface area contributed by atoms with Gasteiger partial charge in [0.1, 0.15) is 12.4 Å². The lowest BCUT2D eigenvalue weighted by Gasteiger charge is -2.27. The van der Waals surface area contributed by atoms with Crippen molar-refractivity contribution in [3.8, 4) is 0 Å². The van der Waals surface area contributed by atoms with Gasteiger partial charge in [0.05, 0.1) is 18.3 Å². The Morgan fingerprint density at radius 3 is 2.77 bits per heavy atom. The summed E-state index contributed by atoms with van der Waals surface area (Å²) in [7, 11) is 0. The number of halogens is 3. The summed E-state index contributed by atoms with van der Waals surface area (Å²) in [6, 6.07) is 13.7. The van der Waals surface area contributed by atoms with E-state index in [1.807, 2.05) is 42.5 Å². The fourth-order valence-corrected chi connectivity index (χ4v) is 3.67. The third-order valence-electron chi connectivity index (χ3n) is 3.31. The first-order valence-corrected chi connectivity index (χ1v) is 8.71. The monoisotopic (exact) mass is 442 g/mol. The highest BCUT2D eigenvalue weighted by molar-refractivity contribution is 9.11. The number of morpholine rings is 1. The molecule has 1 atom stereocenters. The van der Waals surface area contributed by atoms with E-state index >= 15 is 0 Å². The van der Waals surface area contributed by atoms with Gasteiger partial charge in [0, 0.05) is 14.0 Å². The minimum Gasteiger partial charge on any atom is -0.371 e. The van der Waals surface area contributed by atoms with Gasteiger partial charge < -0.3 is 10.1 Å². The maximum absolute atomic E-state index is 6.26. The van der Waals surface area contributed by atoms with Crippen molar-refractivity contribution in [3.63, 3.8) is 0 Å². The number of rotatable bonds is 2. The third-order valence-corrected chi connectivity index (χ3v) is 4.78. The van der Waals surface area contributed by atoms with Crippen LogP contribution in [0.5, 0.6) is 0 Å². The molecule has 1 aliphatic rings. The van der Waals surface area contributed by atoms with Crippen molar-refractivity contribution in [1.29, 1.82) is 0 Å². The molecule has 22 heavy (non-hydrogen) atoms. The van der Waals surface area contributed by atoms with E-state index in [1.165, 1.54) is 0 Å². The van der Waals surface area contributed by atoms with Crippen LogP contribution in [0.25, 0.3) is 0 Å². The summed E-state index contributed by atoms with van der Waals surface area (Å²) < 4.78 is 7.60. The highest BCUT2D eigenvalue weighted by Gasteiger charge is 2.21. The van der Waals surface area contributed by atoms with Crippen molar-refractivity contribution >= 4 is 55.0 Å². The van der Waals surface area contributed by atoms with Crippen LogP contribution in [0.4, 0.5) is 5.69 Å². The van der Waals surface area contributed by atoms with Crippen LogP contribution in [-0.2, 0) is 4.74 Å². The minimum absolute atomic E-state index is 0.00965. The minimum atomic E-state index is 0.00965. The van der Waals surface area contributed by atoms with Crippen LogP contribution in [0, 0.1) is 0 Å². The molecule has 1 saturated heterocycles. The molecule has 6 heteroatoms. The lowest BCUT2D eigenvalue weighted by molar-refractivity contribution is 0.128. The van der Waals surface area contributed by atoms with E-state index < -0.39 is 0 Å². The molecule has 0 unspecified atom stereocenters. The Morgan fingerprint density at radius 2 is 2.00 bits per heavy atom. The molecular formula is C16H13Br2ClN2O. The number of hydrogen-bond acceptors (Lipinski definition) is 2. The summed E-state index contributed by atoms with van der Waals surface area (Å²) in [5, 5.41) is 4.14. The number of hydrogen-bond donors (Lipinski definition) is 1. The molecule has 114 valence electrons. The average Bonchev–Trinajstić information content (AvgIpc) is 2.51. The van der Waals surface area contributed by atoms with E-state index in [2.05, 4.69) is 42.2 Å². The van der Waals surface area contributed by atoms with Crippen LogP contribution >= 0.6 is 43.5 Å². The summed E-state index contributed by atoms with van der Waals surface area (Å²) in [5.41, 5.74) is 1.88. The first kappa shape index (κ1) is 16.0. The first-order chi connectivity index (χ1) is 10.6. The van der Waals surface area contributed by atoms with Gasteiger partial charge in [0.25, 0.3) is 0 Å². The summed E-state index contributed by atoms with van der Waals surface area (Å²) >= 11 is 13.2. The van der Waals surface area contributed by atoms with Crippen molar-refractivity contribution in [2.45, 2.75) is 6.04 Å². The van der Waals surface area contributed by atoms with Crippen LogP contribution in [0.1, 0.15) is 11.6 Å². The normalized spacial score (nSPS) is 20.0. The molecule has 0 saturated carbocycles. The Labute approximate surface area is 151 Å². The van der Waals surface area contributed by atoms with Crippen LogP contribution in [0.15, 0.2) is 56.4 Å². The molecule has 3 rings (SSSR count). The number of aliphatic imine (C=N–C) groups is 1. The second-order valence-electron chi connectivity index (χ2n) is 4.89. The topological polar surface area (TPSA) is 33.6 Å². The van der Waals surface area contributed by atoms with Crippen molar-refractivity contribution in [1.82, 2.24) is 5.32 Å². The summed E-state index contributed by atoms with van der Waals surface area (Å²) in [6.45, 7) is 1.04. The van der Waals surface area contributed by atoms with Crippen LogP contribution in [0.3, 0.4) is 0 Å². The molecule has 0 amide bonds. The summed E-state index contributed by atoms with van der Waals surface area (Å²) in [5.74, 6) is 0.791. The maximum atomic E-state index is 6.26. The number of nitrogens with one attached hydrogen (secondary N) is 1. The predicted octanol–water partition coefficient (Wildman–Crippen LogP) is 5.26. The molecule has 2 aromatic carbocycles. The van der Waals surface area contributed by atoms with Crippen LogP contribution in [-0.4, -0.2) is 19.0 Å². The molecule has 0 aromatic heterocycles. The second-order valence-corrected chi connectivity index (χ2v) is 7.07. The number of amidine groups is 1.